The first-order valence-electron chi connectivity index (χ1n) is 39.9. The zero-order valence-corrected chi connectivity index (χ0v) is 71.1. The average molecular weight is 1510 g/mol. The number of ketones is 10. The van der Waals surface area contributed by atoms with E-state index >= 15 is 0 Å². The summed E-state index contributed by atoms with van der Waals surface area (Å²) in [6.45, 7) is 46.8. The number of carbonyl (C=O) groups is 10. The van der Waals surface area contributed by atoms with Gasteiger partial charge in [0.2, 0.25) is 0 Å². The maximum atomic E-state index is 14.8. The number of rotatable bonds is 24. The van der Waals surface area contributed by atoms with E-state index in [2.05, 4.69) is 18.2 Å². The Morgan fingerprint density at radius 3 is 0.856 bits per heavy atom. The van der Waals surface area contributed by atoms with Crippen LogP contribution >= 0.6 is 0 Å². The normalized spacial score (nSPS) is 27.1. The number of aliphatic hydroxyl groups excluding tert-OH is 2. The number of hydrogen-bond acceptors (Lipinski definition) is 12. The van der Waals surface area contributed by atoms with Gasteiger partial charge < -0.3 is 10.2 Å². The quantitative estimate of drug-likeness (QED) is 0.0487. The molecule has 6 aliphatic rings. The van der Waals surface area contributed by atoms with Gasteiger partial charge in [0.15, 0.2) is 74.1 Å². The predicted octanol–water partition coefficient (Wildman–Crippen LogP) is 23.1. The van der Waals surface area contributed by atoms with Crippen LogP contribution in [0, 0.1) is 72.4 Å². The van der Waals surface area contributed by atoms with Crippen LogP contribution in [0.15, 0.2) is 219 Å². The van der Waals surface area contributed by atoms with E-state index in [9.17, 15) is 58.2 Å². The highest BCUT2D eigenvalue weighted by Gasteiger charge is 2.79. The van der Waals surface area contributed by atoms with Crippen LogP contribution < -0.4 is 0 Å². The van der Waals surface area contributed by atoms with E-state index in [-0.39, 0.29) is 84.7 Å². The second-order valence-electron chi connectivity index (χ2n) is 36.5. The summed E-state index contributed by atoms with van der Waals surface area (Å²) in [5, 5.41) is 23.6. The second kappa shape index (κ2) is 34.6. The van der Waals surface area contributed by atoms with Gasteiger partial charge >= 0.3 is 0 Å². The number of benzene rings is 3. The van der Waals surface area contributed by atoms with Crippen LogP contribution in [0.25, 0.3) is 0 Å². The van der Waals surface area contributed by atoms with E-state index in [1.165, 1.54) is 0 Å². The van der Waals surface area contributed by atoms with Gasteiger partial charge in [0.25, 0.3) is 0 Å². The minimum absolute atomic E-state index is 0.147. The molecule has 10 atom stereocenters. The van der Waals surface area contributed by atoms with Crippen molar-refractivity contribution in [3.63, 3.8) is 0 Å². The fourth-order valence-electron chi connectivity index (χ4n) is 18.7. The lowest BCUT2D eigenvalue weighted by Gasteiger charge is -2.60. The Morgan fingerprint density at radius 2 is 0.568 bits per heavy atom. The fourth-order valence-corrected chi connectivity index (χ4v) is 18.7. The van der Waals surface area contributed by atoms with Crippen molar-refractivity contribution in [2.24, 2.45) is 72.4 Å². The van der Waals surface area contributed by atoms with Gasteiger partial charge in [0.1, 0.15) is 11.5 Å². The second-order valence-corrected chi connectivity index (χ2v) is 36.5. The summed E-state index contributed by atoms with van der Waals surface area (Å²) < 4.78 is 0. The van der Waals surface area contributed by atoms with E-state index in [1.807, 2.05) is 221 Å². The fraction of sp³-hybridized carbons (Fsp3) is 0.495. The first kappa shape index (κ1) is 89.3. The zero-order chi connectivity index (χ0) is 83.3. The predicted molar refractivity (Wildman–Crippen MR) is 447 cm³/mol. The number of hydrogen-bond donors (Lipinski definition) is 2. The number of fused-ring (bicyclic) bond motifs is 6. The van der Waals surface area contributed by atoms with E-state index in [0.29, 0.717) is 55.2 Å². The lowest BCUT2D eigenvalue weighted by atomic mass is 9.37. The van der Waals surface area contributed by atoms with Gasteiger partial charge in [-0.1, -0.05) is 237 Å². The summed E-state index contributed by atoms with van der Waals surface area (Å²) >= 11 is 0. The Bertz CT molecular complexity index is 4330. The topological polar surface area (TPSA) is 211 Å². The number of carbonyl (C=O) groups excluding carboxylic acids is 10. The molecule has 594 valence electrons. The molecule has 4 saturated carbocycles. The van der Waals surface area contributed by atoms with Crippen molar-refractivity contribution in [1.29, 1.82) is 0 Å². The maximum Gasteiger partial charge on any atom is 0.184 e. The van der Waals surface area contributed by atoms with Gasteiger partial charge in [-0.3, -0.25) is 47.9 Å². The third-order valence-electron chi connectivity index (χ3n) is 25.6. The highest BCUT2D eigenvalue weighted by atomic mass is 16.3. The third-order valence-corrected chi connectivity index (χ3v) is 25.6. The SMILES string of the molecule is CC(C)=CCC1=C(O)C2(CC=C(C)C)CC(CC=C(C)C)C(C)(C)C(C(=O)c3ccccc3)(C1=O)C2=O.CC(C)=CCC1=C(O)C2(CC=C(C)C)CC(CC=C(C)C)C(C)(C)C(C(=O)c3ccccc3)(C1=O)C2=O.CC(C)=CCC1C(=O)C2(CC=C(C)C)CC(CC=C(C)C)C(C)(C)C(C(=O)c3ccccc3)(C1=O)C2=O. The molecule has 2 N–H and O–H groups in total. The smallest absolute Gasteiger partial charge is 0.184 e. The van der Waals surface area contributed by atoms with Crippen LogP contribution in [-0.2, 0) is 33.6 Å². The van der Waals surface area contributed by atoms with Crippen LogP contribution in [0.5, 0.6) is 0 Å². The maximum absolute atomic E-state index is 14.8. The number of allylic oxidation sites excluding steroid dienone is 22. The standard InChI is InChI=1S/3C33H42O4/c3*1-21(2)14-16-25-20-32(19-18-23(5)6)28(35)26(17-15-22(3)4)29(36)33(30(32)37,31(25,7)8)27(34)24-12-10-9-11-13-24/h2*9-15,18,25,35H,16-17,19-20H2,1-8H3;9-15,18,25-26H,16-17,19-20H2,1-8H3. The van der Waals surface area contributed by atoms with Crippen LogP contribution in [0.3, 0.4) is 0 Å². The number of Topliss-reactive ketones (excluding diaryl/α,β-unsaturated/α-hetero) is 10. The first-order valence-corrected chi connectivity index (χ1v) is 39.9. The Balaban J connectivity index is 0.000000231. The Labute approximate surface area is 663 Å². The molecule has 111 heavy (non-hydrogen) atoms. The third kappa shape index (κ3) is 16.0. The van der Waals surface area contributed by atoms with Crippen molar-refractivity contribution >= 4 is 57.8 Å². The van der Waals surface area contributed by atoms with Crippen LogP contribution in [0.1, 0.15) is 274 Å². The van der Waals surface area contributed by atoms with E-state index in [1.54, 1.807) is 72.8 Å². The molecule has 6 aliphatic carbocycles. The summed E-state index contributed by atoms with van der Waals surface area (Å²) in [5.41, 5.74) is -1.87. The van der Waals surface area contributed by atoms with Crippen molar-refractivity contribution in [1.82, 2.24) is 0 Å². The molecule has 0 amide bonds. The highest BCUT2D eigenvalue weighted by molar-refractivity contribution is 6.41. The number of aliphatic hydroxyl groups is 2. The molecular weight excluding hydrogens is 1380 g/mol. The summed E-state index contributed by atoms with van der Waals surface area (Å²) in [6, 6.07) is 26.0. The van der Waals surface area contributed by atoms with E-state index in [0.717, 1.165) is 50.2 Å². The monoisotopic (exact) mass is 1510 g/mol. The van der Waals surface area contributed by atoms with Crippen molar-refractivity contribution in [3.8, 4) is 0 Å². The van der Waals surface area contributed by atoms with Crippen molar-refractivity contribution < 1.29 is 58.2 Å². The molecule has 0 radical (unpaired) electrons. The van der Waals surface area contributed by atoms with E-state index < -0.39 is 107 Å². The minimum Gasteiger partial charge on any atom is -0.511 e. The molecule has 3 aromatic rings. The van der Waals surface area contributed by atoms with Gasteiger partial charge in [-0.05, 0) is 236 Å². The van der Waals surface area contributed by atoms with Crippen molar-refractivity contribution in [3.05, 3.63) is 235 Å². The summed E-state index contributed by atoms with van der Waals surface area (Å²) in [4.78, 5) is 146. The molecule has 0 heterocycles. The molecule has 9 rings (SSSR count). The van der Waals surface area contributed by atoms with E-state index in [4.69, 9.17) is 0 Å². The van der Waals surface area contributed by atoms with Gasteiger partial charge in [-0.15, -0.1) is 0 Å². The van der Waals surface area contributed by atoms with Gasteiger partial charge in [-0.2, -0.15) is 0 Å². The molecule has 0 aliphatic heterocycles. The lowest BCUT2D eigenvalue weighted by molar-refractivity contribution is -0.179. The van der Waals surface area contributed by atoms with Gasteiger partial charge in [-0.25, -0.2) is 0 Å². The summed E-state index contributed by atoms with van der Waals surface area (Å²) in [7, 11) is 0. The highest BCUT2D eigenvalue weighted by Crippen LogP contribution is 2.69. The average Bonchev–Trinajstić information content (AvgIpc) is 0.683. The van der Waals surface area contributed by atoms with Gasteiger partial charge in [0.05, 0.1) is 22.2 Å². The Hall–Kier alpha value is -8.90. The minimum atomic E-state index is -1.92. The van der Waals surface area contributed by atoms with Crippen LogP contribution in [-0.4, -0.2) is 68.0 Å². The lowest BCUT2D eigenvalue weighted by Crippen LogP contribution is -2.73. The van der Waals surface area contributed by atoms with Crippen molar-refractivity contribution in [2.75, 3.05) is 0 Å². The molecule has 6 bridgehead atoms. The molecule has 12 nitrogen and oxygen atoms in total. The molecule has 0 spiro atoms. The summed E-state index contributed by atoms with van der Waals surface area (Å²) in [6.07, 6.45) is 22.1. The van der Waals surface area contributed by atoms with Crippen LogP contribution in [0.4, 0.5) is 0 Å². The molecule has 0 saturated heterocycles. The van der Waals surface area contributed by atoms with Crippen molar-refractivity contribution in [2.45, 2.75) is 243 Å². The Kier molecular flexibility index (Phi) is 27.8. The molecule has 3 aromatic carbocycles. The molecule has 12 heteroatoms. The summed E-state index contributed by atoms with van der Waals surface area (Å²) in [5.74, 6) is -6.55. The molecule has 0 aromatic heterocycles. The van der Waals surface area contributed by atoms with Gasteiger partial charge in [0, 0.05) is 27.8 Å². The molecule has 4 fully saturated rings. The zero-order valence-electron chi connectivity index (χ0n) is 71.1. The molecular formula is C99H126O12. The largest absolute Gasteiger partial charge is 0.511 e. The molecule has 10 unspecified atom stereocenters. The first-order chi connectivity index (χ1) is 51.7. The van der Waals surface area contributed by atoms with Crippen LogP contribution in [0.2, 0.25) is 0 Å². The Morgan fingerprint density at radius 1 is 0.324 bits per heavy atom.